The van der Waals surface area contributed by atoms with Crippen LogP contribution < -0.4 is 5.73 Å². The lowest BCUT2D eigenvalue weighted by Crippen LogP contribution is -2.20. The molecule has 0 bridgehead atoms. The molecule has 2 unspecified atom stereocenters. The maximum absolute atomic E-state index is 10.7. The summed E-state index contributed by atoms with van der Waals surface area (Å²) in [6.07, 6.45) is 11.1. The third-order valence-electron chi connectivity index (χ3n) is 6.24. The molecule has 0 amide bonds. The molecule has 0 radical (unpaired) electrons. The predicted octanol–water partition coefficient (Wildman–Crippen LogP) is 4.34. The van der Waals surface area contributed by atoms with Gasteiger partial charge in [-0.2, -0.15) is 8.42 Å². The van der Waals surface area contributed by atoms with Crippen molar-refractivity contribution in [1.29, 1.82) is 0 Å². The van der Waals surface area contributed by atoms with Crippen LogP contribution in [0.3, 0.4) is 0 Å². The molecule has 0 heterocycles. The van der Waals surface area contributed by atoms with Crippen LogP contribution in [-0.2, 0) is 14.3 Å². The minimum absolute atomic E-state index is 0.340. The molecular weight excluding hydrogens is 322 g/mol. The monoisotopic (exact) mass is 361 g/mol. The van der Waals surface area contributed by atoms with Crippen molar-refractivity contribution in [2.45, 2.75) is 79.1 Å². The molecule has 2 rings (SSSR count). The Hall–Kier alpha value is -0.130. The molecule has 5 heteroatoms. The third-order valence-corrected chi connectivity index (χ3v) is 6.83. The van der Waals surface area contributed by atoms with E-state index >= 15 is 0 Å². The van der Waals surface area contributed by atoms with Crippen molar-refractivity contribution in [1.82, 2.24) is 0 Å². The third kappa shape index (κ3) is 7.40. The van der Waals surface area contributed by atoms with Gasteiger partial charge in [-0.05, 0) is 67.7 Å². The Bertz CT molecular complexity index is 471. The van der Waals surface area contributed by atoms with Crippen molar-refractivity contribution in [3.05, 3.63) is 0 Å². The number of hydrogen-bond donors (Lipinski definition) is 1. The zero-order valence-electron chi connectivity index (χ0n) is 16.4. The smallest absolute Gasteiger partial charge is 0.264 e. The van der Waals surface area contributed by atoms with Gasteiger partial charge in [-0.15, -0.1) is 0 Å². The maximum atomic E-state index is 10.7. The molecule has 2 atom stereocenters. The standard InChI is InChI=1S/C10H20O3S.C9H19N/c1-10(2)7-4-5-9(10)6-8-13-14(3,11)12;1-9(2)6-3-4-8(9)5-7-10/h9H,4-8H2,1-3H3;8H,3-7,10H2,1-2H3. The van der Waals surface area contributed by atoms with Gasteiger partial charge in [-0.25, -0.2) is 0 Å². The summed E-state index contributed by atoms with van der Waals surface area (Å²) < 4.78 is 26.2. The molecular formula is C19H39NO3S. The topological polar surface area (TPSA) is 69.4 Å². The van der Waals surface area contributed by atoms with E-state index in [4.69, 9.17) is 9.92 Å². The molecule has 4 nitrogen and oxygen atoms in total. The van der Waals surface area contributed by atoms with E-state index in [2.05, 4.69) is 27.7 Å². The minimum atomic E-state index is -3.25. The zero-order chi connectivity index (χ0) is 18.4. The number of nitrogens with two attached hydrogens (primary N) is 1. The molecule has 144 valence electrons. The van der Waals surface area contributed by atoms with E-state index in [0.29, 0.717) is 23.4 Å². The molecule has 2 aliphatic carbocycles. The predicted molar refractivity (Wildman–Crippen MR) is 101 cm³/mol. The SMILES string of the molecule is CC1(C)CCCC1CCN.CC1(C)CCCC1CCOS(C)(=O)=O. The highest BCUT2D eigenvalue weighted by Gasteiger charge is 2.34. The first-order valence-electron chi connectivity index (χ1n) is 9.52. The molecule has 0 aromatic heterocycles. The lowest BCUT2D eigenvalue weighted by Gasteiger charge is -2.26. The Morgan fingerprint density at radius 2 is 1.42 bits per heavy atom. The van der Waals surface area contributed by atoms with Gasteiger partial charge in [0, 0.05) is 0 Å². The summed E-state index contributed by atoms with van der Waals surface area (Å²) in [6.45, 7) is 10.5. The fourth-order valence-corrected chi connectivity index (χ4v) is 4.81. The summed E-state index contributed by atoms with van der Waals surface area (Å²) in [5.41, 5.74) is 6.47. The molecule has 2 N–H and O–H groups in total. The minimum Gasteiger partial charge on any atom is -0.330 e. The zero-order valence-corrected chi connectivity index (χ0v) is 17.3. The van der Waals surface area contributed by atoms with Crippen molar-refractivity contribution in [3.8, 4) is 0 Å². The lowest BCUT2D eigenvalue weighted by molar-refractivity contribution is 0.202. The van der Waals surface area contributed by atoms with Crippen LogP contribution in [0.25, 0.3) is 0 Å². The van der Waals surface area contributed by atoms with Crippen molar-refractivity contribution in [2.24, 2.45) is 28.4 Å². The van der Waals surface area contributed by atoms with Gasteiger partial charge in [-0.3, -0.25) is 4.18 Å². The van der Waals surface area contributed by atoms with Gasteiger partial charge in [0.2, 0.25) is 0 Å². The molecule has 24 heavy (non-hydrogen) atoms. The summed E-state index contributed by atoms with van der Waals surface area (Å²) >= 11 is 0. The Balaban J connectivity index is 0.000000254. The van der Waals surface area contributed by atoms with E-state index in [0.717, 1.165) is 25.1 Å². The first kappa shape index (κ1) is 21.9. The van der Waals surface area contributed by atoms with Crippen LogP contribution in [0.4, 0.5) is 0 Å². The summed E-state index contributed by atoms with van der Waals surface area (Å²) in [5.74, 6) is 1.52. The largest absolute Gasteiger partial charge is 0.330 e. The first-order valence-corrected chi connectivity index (χ1v) is 11.3. The molecule has 0 aromatic rings. The highest BCUT2D eigenvalue weighted by atomic mass is 32.2. The van der Waals surface area contributed by atoms with Crippen molar-refractivity contribution in [2.75, 3.05) is 19.4 Å². The van der Waals surface area contributed by atoms with E-state index in [1.807, 2.05) is 0 Å². The van der Waals surface area contributed by atoms with Crippen LogP contribution >= 0.6 is 0 Å². The normalized spacial score (nSPS) is 28.4. The van der Waals surface area contributed by atoms with Crippen LogP contribution in [0.5, 0.6) is 0 Å². The second-order valence-electron chi connectivity index (χ2n) is 9.05. The highest BCUT2D eigenvalue weighted by molar-refractivity contribution is 7.85. The molecule has 2 saturated carbocycles. The van der Waals surface area contributed by atoms with Gasteiger partial charge < -0.3 is 5.73 Å². The summed E-state index contributed by atoms with van der Waals surface area (Å²) in [6, 6.07) is 0. The fraction of sp³-hybridized carbons (Fsp3) is 1.00. The average Bonchev–Trinajstić information content (AvgIpc) is 2.92. The van der Waals surface area contributed by atoms with E-state index in [1.54, 1.807) is 0 Å². The van der Waals surface area contributed by atoms with Gasteiger partial charge in [0.15, 0.2) is 0 Å². The Labute approximate surface area is 150 Å². The van der Waals surface area contributed by atoms with Crippen LogP contribution in [0.15, 0.2) is 0 Å². The quantitative estimate of drug-likeness (QED) is 0.714. The van der Waals surface area contributed by atoms with Crippen molar-refractivity contribution >= 4 is 10.1 Å². The Morgan fingerprint density at radius 3 is 1.75 bits per heavy atom. The highest BCUT2D eigenvalue weighted by Crippen LogP contribution is 2.44. The van der Waals surface area contributed by atoms with Gasteiger partial charge in [0.1, 0.15) is 0 Å². The molecule has 2 fully saturated rings. The first-order chi connectivity index (χ1) is 11.0. The number of hydrogen-bond acceptors (Lipinski definition) is 4. The molecule has 0 aliphatic heterocycles. The second-order valence-corrected chi connectivity index (χ2v) is 10.7. The van der Waals surface area contributed by atoms with Crippen LogP contribution in [-0.4, -0.2) is 27.8 Å². The summed E-state index contributed by atoms with van der Waals surface area (Å²) in [4.78, 5) is 0. The molecule has 0 aromatic carbocycles. The average molecular weight is 362 g/mol. The van der Waals surface area contributed by atoms with Crippen molar-refractivity contribution in [3.63, 3.8) is 0 Å². The van der Waals surface area contributed by atoms with E-state index in [1.165, 1.54) is 44.9 Å². The Morgan fingerprint density at radius 1 is 0.958 bits per heavy atom. The van der Waals surface area contributed by atoms with E-state index < -0.39 is 10.1 Å². The second kappa shape index (κ2) is 9.00. The summed E-state index contributed by atoms with van der Waals surface area (Å²) in [7, 11) is -3.25. The van der Waals surface area contributed by atoms with Crippen molar-refractivity contribution < 1.29 is 12.6 Å². The van der Waals surface area contributed by atoms with Gasteiger partial charge >= 0.3 is 0 Å². The Kier molecular flexibility index (Phi) is 8.21. The van der Waals surface area contributed by atoms with Crippen LogP contribution in [0, 0.1) is 22.7 Å². The number of rotatable bonds is 6. The maximum Gasteiger partial charge on any atom is 0.264 e. The molecule has 2 aliphatic rings. The lowest BCUT2D eigenvalue weighted by atomic mass is 9.80. The summed E-state index contributed by atoms with van der Waals surface area (Å²) in [5, 5.41) is 0. The van der Waals surface area contributed by atoms with Gasteiger partial charge in [0.05, 0.1) is 12.9 Å². The van der Waals surface area contributed by atoms with Crippen LogP contribution in [0.1, 0.15) is 79.1 Å². The van der Waals surface area contributed by atoms with E-state index in [9.17, 15) is 8.42 Å². The van der Waals surface area contributed by atoms with Gasteiger partial charge in [-0.1, -0.05) is 40.5 Å². The molecule has 0 spiro atoms. The van der Waals surface area contributed by atoms with Gasteiger partial charge in [0.25, 0.3) is 10.1 Å². The molecule has 0 saturated heterocycles. The fourth-order valence-electron chi connectivity index (χ4n) is 4.41. The van der Waals surface area contributed by atoms with E-state index in [-0.39, 0.29) is 0 Å². The van der Waals surface area contributed by atoms with Crippen LogP contribution in [0.2, 0.25) is 0 Å².